The number of ether oxygens (including phenoxy) is 1. The zero-order chi connectivity index (χ0) is 26.2. The maximum atomic E-state index is 13.6. The van der Waals surface area contributed by atoms with Crippen LogP contribution in [0.1, 0.15) is 37.4 Å². The van der Waals surface area contributed by atoms with Crippen LogP contribution >= 0.6 is 0 Å². The number of benzene rings is 2. The minimum Gasteiger partial charge on any atom is -0.507 e. The van der Waals surface area contributed by atoms with Crippen LogP contribution in [0.3, 0.4) is 0 Å². The lowest BCUT2D eigenvalue weighted by atomic mass is 9.70. The van der Waals surface area contributed by atoms with Crippen LogP contribution in [-0.4, -0.2) is 34.6 Å². The molecule has 1 aliphatic carbocycles. The van der Waals surface area contributed by atoms with Gasteiger partial charge in [-0.2, -0.15) is 0 Å². The van der Waals surface area contributed by atoms with E-state index in [0.717, 1.165) is 23.3 Å². The molecule has 2 aromatic carbocycles. The Kier molecular flexibility index (Phi) is 6.42. The molecule has 0 spiro atoms. The Balaban J connectivity index is 1.25. The van der Waals surface area contributed by atoms with Crippen LogP contribution in [0.4, 0.5) is 5.69 Å². The highest BCUT2D eigenvalue weighted by molar-refractivity contribution is 6.22. The largest absolute Gasteiger partial charge is 0.507 e. The normalized spacial score (nSPS) is 25.1. The maximum Gasteiger partial charge on any atom is 0.238 e. The van der Waals surface area contributed by atoms with E-state index in [1.807, 2.05) is 66.7 Å². The van der Waals surface area contributed by atoms with Crippen molar-refractivity contribution in [3.8, 4) is 5.75 Å². The highest BCUT2D eigenvalue weighted by Crippen LogP contribution is 2.50. The minimum absolute atomic E-state index is 0.0793. The van der Waals surface area contributed by atoms with E-state index in [0.29, 0.717) is 25.1 Å². The Morgan fingerprint density at radius 3 is 2.53 bits per heavy atom. The summed E-state index contributed by atoms with van der Waals surface area (Å²) in [4.78, 5) is 32.9. The number of hydrogen-bond acceptors (Lipinski definition) is 5. The average Bonchev–Trinajstić information content (AvgIpc) is 3.47. The summed E-state index contributed by atoms with van der Waals surface area (Å²) < 4.78 is 6.33. The second kappa shape index (κ2) is 10.0. The topological polar surface area (TPSA) is 79.7 Å². The van der Waals surface area contributed by atoms with Crippen molar-refractivity contribution in [3.05, 3.63) is 101 Å². The van der Waals surface area contributed by atoms with E-state index >= 15 is 0 Å². The monoisotopic (exact) mass is 506 g/mol. The van der Waals surface area contributed by atoms with Gasteiger partial charge in [0.05, 0.1) is 35.9 Å². The predicted molar refractivity (Wildman–Crippen MR) is 146 cm³/mol. The standard InChI is InChI=1S/C32H30N2O4/c1-20-17-24-30(32(37)34(31(24)36)23-10-3-2-4-11-23)25-19-38-28(29(20)25)15-14-21(26-12-7-8-16-33-26)18-22-9-5-6-13-27(22)35/h2-13,16,18,24-25,28,30,35H,14-15,17,19H2,1H3/b21-18-/t24-,25+,28-,30-/m1/s1. The van der Waals surface area contributed by atoms with E-state index in [9.17, 15) is 14.7 Å². The molecular weight excluding hydrogens is 476 g/mol. The molecule has 3 heterocycles. The molecule has 0 unspecified atom stereocenters. The fourth-order valence-corrected chi connectivity index (χ4v) is 6.37. The molecular formula is C32H30N2O4. The third-order valence-corrected chi connectivity index (χ3v) is 8.10. The number of rotatable bonds is 6. The van der Waals surface area contributed by atoms with Gasteiger partial charge in [0.15, 0.2) is 0 Å². The Bertz CT molecular complexity index is 1430. The molecule has 2 amide bonds. The molecule has 6 nitrogen and oxygen atoms in total. The van der Waals surface area contributed by atoms with Gasteiger partial charge < -0.3 is 9.84 Å². The van der Waals surface area contributed by atoms with Crippen LogP contribution in [0, 0.1) is 17.8 Å². The summed E-state index contributed by atoms with van der Waals surface area (Å²) >= 11 is 0. The molecule has 2 fully saturated rings. The zero-order valence-electron chi connectivity index (χ0n) is 21.3. The molecule has 38 heavy (non-hydrogen) atoms. The number of aromatic hydroxyl groups is 1. The second-order valence-electron chi connectivity index (χ2n) is 10.3. The van der Waals surface area contributed by atoms with Gasteiger partial charge in [-0.1, -0.05) is 48.0 Å². The lowest BCUT2D eigenvalue weighted by Crippen LogP contribution is -2.34. The van der Waals surface area contributed by atoms with Crippen molar-refractivity contribution in [2.24, 2.45) is 17.8 Å². The van der Waals surface area contributed by atoms with Crippen molar-refractivity contribution in [2.75, 3.05) is 11.5 Å². The van der Waals surface area contributed by atoms with E-state index < -0.39 is 0 Å². The summed E-state index contributed by atoms with van der Waals surface area (Å²) in [5.74, 6) is -0.774. The van der Waals surface area contributed by atoms with E-state index in [2.05, 4.69) is 11.9 Å². The van der Waals surface area contributed by atoms with Gasteiger partial charge in [-0.05, 0) is 73.7 Å². The number of pyridine rings is 1. The van der Waals surface area contributed by atoms with Gasteiger partial charge in [-0.25, -0.2) is 0 Å². The maximum absolute atomic E-state index is 13.6. The lowest BCUT2D eigenvalue weighted by Gasteiger charge is -2.30. The Morgan fingerprint density at radius 2 is 1.76 bits per heavy atom. The number of aromatic nitrogens is 1. The first kappa shape index (κ1) is 24.3. The van der Waals surface area contributed by atoms with Crippen LogP contribution in [0.25, 0.3) is 11.6 Å². The molecule has 3 aliphatic rings. The van der Waals surface area contributed by atoms with Gasteiger partial charge in [-0.3, -0.25) is 19.5 Å². The average molecular weight is 507 g/mol. The van der Waals surface area contributed by atoms with Crippen molar-refractivity contribution in [1.29, 1.82) is 0 Å². The van der Waals surface area contributed by atoms with Gasteiger partial charge >= 0.3 is 0 Å². The van der Waals surface area contributed by atoms with E-state index in [4.69, 9.17) is 4.74 Å². The first-order valence-electron chi connectivity index (χ1n) is 13.2. The van der Waals surface area contributed by atoms with Gasteiger partial charge in [0.2, 0.25) is 11.8 Å². The fourth-order valence-electron chi connectivity index (χ4n) is 6.37. The first-order valence-corrected chi connectivity index (χ1v) is 13.2. The smallest absolute Gasteiger partial charge is 0.238 e. The van der Waals surface area contributed by atoms with Gasteiger partial charge in [0.1, 0.15) is 5.75 Å². The van der Waals surface area contributed by atoms with E-state index in [-0.39, 0.29) is 41.4 Å². The van der Waals surface area contributed by atoms with Crippen molar-refractivity contribution in [2.45, 2.75) is 32.3 Å². The molecule has 4 atom stereocenters. The van der Waals surface area contributed by atoms with Crippen LogP contribution in [0.2, 0.25) is 0 Å². The number of anilines is 1. The summed E-state index contributed by atoms with van der Waals surface area (Å²) in [6.45, 7) is 2.53. The highest BCUT2D eigenvalue weighted by atomic mass is 16.5. The number of fused-ring (bicyclic) bond motifs is 3. The number of amides is 2. The van der Waals surface area contributed by atoms with Crippen molar-refractivity contribution in [1.82, 2.24) is 4.98 Å². The Morgan fingerprint density at radius 1 is 1.00 bits per heavy atom. The Labute approximate surface area is 222 Å². The van der Waals surface area contributed by atoms with Crippen LogP contribution < -0.4 is 4.90 Å². The molecule has 6 rings (SSSR count). The predicted octanol–water partition coefficient (Wildman–Crippen LogP) is 5.65. The third kappa shape index (κ3) is 4.25. The number of nitrogens with zero attached hydrogens (tertiary/aromatic N) is 2. The van der Waals surface area contributed by atoms with Gasteiger partial charge in [0, 0.05) is 17.7 Å². The molecule has 3 aromatic rings. The van der Waals surface area contributed by atoms with Crippen LogP contribution in [0.15, 0.2) is 90.1 Å². The summed E-state index contributed by atoms with van der Waals surface area (Å²) in [5, 5.41) is 10.4. The SMILES string of the molecule is CC1=C2[C@@H](CC/C(=C/c3ccccc3O)c3ccccn3)OC[C@@H]2[C@@H]2C(=O)N(c3ccccc3)C(=O)[C@@H]2C1. The number of hydrogen-bond donors (Lipinski definition) is 1. The molecule has 0 saturated carbocycles. The molecule has 0 bridgehead atoms. The second-order valence-corrected chi connectivity index (χ2v) is 10.3. The molecule has 192 valence electrons. The van der Waals surface area contributed by atoms with Crippen molar-refractivity contribution in [3.63, 3.8) is 0 Å². The summed E-state index contributed by atoms with van der Waals surface area (Å²) in [6.07, 6.45) is 5.64. The van der Waals surface area contributed by atoms with Gasteiger partial charge in [-0.15, -0.1) is 0 Å². The molecule has 6 heteroatoms. The number of carbonyl (C=O) groups is 2. The highest BCUT2D eigenvalue weighted by Gasteiger charge is 2.56. The van der Waals surface area contributed by atoms with Crippen LogP contribution in [0.5, 0.6) is 5.75 Å². The molecule has 1 N–H and O–H groups in total. The van der Waals surface area contributed by atoms with Gasteiger partial charge in [0.25, 0.3) is 0 Å². The minimum atomic E-state index is -0.376. The quantitative estimate of drug-likeness (QED) is 0.345. The number of allylic oxidation sites excluding steroid dienone is 2. The summed E-state index contributed by atoms with van der Waals surface area (Å²) in [6, 6.07) is 22.3. The molecule has 2 aliphatic heterocycles. The number of phenolic OH excluding ortho intramolecular Hbond substituents is 1. The number of phenols is 1. The van der Waals surface area contributed by atoms with Crippen LogP contribution in [-0.2, 0) is 14.3 Å². The lowest BCUT2D eigenvalue weighted by molar-refractivity contribution is -0.122. The number of imide groups is 1. The fraction of sp³-hybridized carbons (Fsp3) is 0.281. The molecule has 0 radical (unpaired) electrons. The molecule has 2 saturated heterocycles. The zero-order valence-corrected chi connectivity index (χ0v) is 21.3. The summed E-state index contributed by atoms with van der Waals surface area (Å²) in [7, 11) is 0. The summed E-state index contributed by atoms with van der Waals surface area (Å²) in [5.41, 5.74) is 5.60. The number of para-hydroxylation sites is 2. The molecule has 1 aromatic heterocycles. The van der Waals surface area contributed by atoms with E-state index in [1.54, 1.807) is 18.3 Å². The Hall–Kier alpha value is -4.03. The van der Waals surface area contributed by atoms with Crippen molar-refractivity contribution < 1.29 is 19.4 Å². The van der Waals surface area contributed by atoms with E-state index in [1.165, 1.54) is 16.0 Å². The number of carbonyl (C=O) groups excluding carboxylic acids is 2. The van der Waals surface area contributed by atoms with Crippen molar-refractivity contribution >= 4 is 29.2 Å². The third-order valence-electron chi connectivity index (χ3n) is 8.10. The first-order chi connectivity index (χ1) is 18.5.